The fourth-order valence-corrected chi connectivity index (χ4v) is 4.38. The molecule has 0 radical (unpaired) electrons. The van der Waals surface area contributed by atoms with Gasteiger partial charge in [-0.15, -0.1) is 0 Å². The number of halogens is 2. The molecule has 5 rings (SSSR count). The first-order chi connectivity index (χ1) is 13.1. The highest BCUT2D eigenvalue weighted by Crippen LogP contribution is 2.41. The molecule has 0 amide bonds. The van der Waals surface area contributed by atoms with Crippen molar-refractivity contribution in [2.24, 2.45) is 0 Å². The van der Waals surface area contributed by atoms with Crippen molar-refractivity contribution in [3.05, 3.63) is 73.8 Å². The van der Waals surface area contributed by atoms with Gasteiger partial charge in [0.25, 0.3) is 0 Å². The molecule has 6 heteroatoms. The van der Waals surface area contributed by atoms with E-state index in [1.807, 2.05) is 6.07 Å². The second kappa shape index (κ2) is 6.36. The molecular formula is C21H17ClFNO3. The van der Waals surface area contributed by atoms with E-state index in [4.69, 9.17) is 20.8 Å². The molecule has 0 saturated carbocycles. The number of hydrogen-bond donors (Lipinski definition) is 0. The minimum Gasteiger partial charge on any atom is -0.476 e. The van der Waals surface area contributed by atoms with Gasteiger partial charge < -0.3 is 9.15 Å². The fourth-order valence-electron chi connectivity index (χ4n) is 4.10. The highest BCUT2D eigenvalue weighted by Gasteiger charge is 2.28. The van der Waals surface area contributed by atoms with E-state index in [2.05, 4.69) is 4.90 Å². The SMILES string of the molecule is O=c1oc2c3c(c(Cl)cc2c2c1CCC2)OCN(Cc1ccc(F)cc1)C3. The topological polar surface area (TPSA) is 42.7 Å². The van der Waals surface area contributed by atoms with Crippen LogP contribution in [0.1, 0.15) is 28.7 Å². The van der Waals surface area contributed by atoms with Gasteiger partial charge in [-0.3, -0.25) is 4.90 Å². The zero-order valence-electron chi connectivity index (χ0n) is 14.6. The van der Waals surface area contributed by atoms with Crippen LogP contribution in [0, 0.1) is 5.82 Å². The third-order valence-corrected chi connectivity index (χ3v) is 5.64. The van der Waals surface area contributed by atoms with E-state index in [-0.39, 0.29) is 11.4 Å². The summed E-state index contributed by atoms with van der Waals surface area (Å²) in [5.74, 6) is 0.327. The lowest BCUT2D eigenvalue weighted by Crippen LogP contribution is -2.32. The molecule has 27 heavy (non-hydrogen) atoms. The van der Waals surface area contributed by atoms with Gasteiger partial charge in [-0.2, -0.15) is 0 Å². The quantitative estimate of drug-likeness (QED) is 0.612. The Morgan fingerprint density at radius 2 is 1.89 bits per heavy atom. The van der Waals surface area contributed by atoms with Crippen LogP contribution < -0.4 is 10.4 Å². The van der Waals surface area contributed by atoms with Gasteiger partial charge in [0.15, 0.2) is 0 Å². The normalized spacial score (nSPS) is 16.2. The van der Waals surface area contributed by atoms with Crippen LogP contribution in [0.25, 0.3) is 11.0 Å². The lowest BCUT2D eigenvalue weighted by atomic mass is 10.0. The predicted octanol–water partition coefficient (Wildman–Crippen LogP) is 4.43. The molecule has 0 N–H and O–H groups in total. The summed E-state index contributed by atoms with van der Waals surface area (Å²) in [6, 6.07) is 8.27. The smallest absolute Gasteiger partial charge is 0.339 e. The molecule has 1 aromatic heterocycles. The van der Waals surface area contributed by atoms with Crippen LogP contribution >= 0.6 is 11.6 Å². The average Bonchev–Trinajstić information content (AvgIpc) is 3.16. The molecule has 1 aliphatic carbocycles. The van der Waals surface area contributed by atoms with E-state index in [9.17, 15) is 9.18 Å². The summed E-state index contributed by atoms with van der Waals surface area (Å²) in [6.45, 7) is 1.51. The average molecular weight is 386 g/mol. The first-order valence-corrected chi connectivity index (χ1v) is 9.37. The molecule has 0 unspecified atom stereocenters. The molecule has 0 spiro atoms. The van der Waals surface area contributed by atoms with Crippen LogP contribution in [0.2, 0.25) is 5.02 Å². The first-order valence-electron chi connectivity index (χ1n) is 8.99. The molecule has 0 saturated heterocycles. The molecule has 138 valence electrons. The number of rotatable bonds is 2. The van der Waals surface area contributed by atoms with Crippen molar-refractivity contribution in [3.63, 3.8) is 0 Å². The van der Waals surface area contributed by atoms with E-state index in [1.54, 1.807) is 12.1 Å². The monoisotopic (exact) mass is 385 g/mol. The molecule has 2 heterocycles. The number of fused-ring (bicyclic) bond motifs is 5. The Bertz CT molecular complexity index is 1110. The molecular weight excluding hydrogens is 369 g/mol. The summed E-state index contributed by atoms with van der Waals surface area (Å²) in [6.07, 6.45) is 2.59. The van der Waals surface area contributed by atoms with Gasteiger partial charge in [-0.25, -0.2) is 9.18 Å². The minimum atomic E-state index is -0.257. The van der Waals surface area contributed by atoms with E-state index in [1.165, 1.54) is 12.1 Å². The van der Waals surface area contributed by atoms with Crippen molar-refractivity contribution in [1.82, 2.24) is 4.90 Å². The number of nitrogens with zero attached hydrogens (tertiary/aromatic N) is 1. The summed E-state index contributed by atoms with van der Waals surface area (Å²) in [7, 11) is 0. The van der Waals surface area contributed by atoms with Crippen LogP contribution in [-0.4, -0.2) is 11.6 Å². The lowest BCUT2D eigenvalue weighted by Gasteiger charge is -2.30. The minimum absolute atomic E-state index is 0.254. The summed E-state index contributed by atoms with van der Waals surface area (Å²) >= 11 is 6.48. The van der Waals surface area contributed by atoms with Gasteiger partial charge >= 0.3 is 5.63 Å². The largest absolute Gasteiger partial charge is 0.476 e. The second-order valence-electron chi connectivity index (χ2n) is 7.13. The standard InChI is InChI=1S/C21H17ClFNO3/c22-18-8-16-14-2-1-3-15(14)21(25)27-19(16)17-10-24(11-26-20(17)18)9-12-4-6-13(23)7-5-12/h4-8H,1-3,9-11H2. The second-order valence-corrected chi connectivity index (χ2v) is 7.54. The van der Waals surface area contributed by atoms with E-state index < -0.39 is 0 Å². The third-order valence-electron chi connectivity index (χ3n) is 5.36. The van der Waals surface area contributed by atoms with Crippen molar-refractivity contribution in [2.45, 2.75) is 32.4 Å². The zero-order chi connectivity index (χ0) is 18.5. The summed E-state index contributed by atoms with van der Waals surface area (Å²) in [4.78, 5) is 14.5. The number of benzene rings is 2. The Balaban J connectivity index is 1.57. The van der Waals surface area contributed by atoms with E-state index >= 15 is 0 Å². The highest BCUT2D eigenvalue weighted by atomic mass is 35.5. The predicted molar refractivity (Wildman–Crippen MR) is 101 cm³/mol. The summed E-state index contributed by atoms with van der Waals surface area (Å²) in [5, 5.41) is 1.46. The fraction of sp³-hybridized carbons (Fsp3) is 0.286. The van der Waals surface area contributed by atoms with Crippen molar-refractivity contribution in [2.75, 3.05) is 6.73 Å². The third kappa shape index (κ3) is 2.82. The van der Waals surface area contributed by atoms with Gasteiger partial charge in [0.1, 0.15) is 23.9 Å². The zero-order valence-corrected chi connectivity index (χ0v) is 15.3. The van der Waals surface area contributed by atoms with Gasteiger partial charge in [0.05, 0.1) is 10.6 Å². The van der Waals surface area contributed by atoms with Gasteiger partial charge in [0.2, 0.25) is 0 Å². The lowest BCUT2D eigenvalue weighted by molar-refractivity contribution is 0.0890. The van der Waals surface area contributed by atoms with Gasteiger partial charge in [-0.1, -0.05) is 23.7 Å². The van der Waals surface area contributed by atoms with Crippen LogP contribution in [0.3, 0.4) is 0 Å². The Labute approximate surface area is 160 Å². The van der Waals surface area contributed by atoms with Crippen LogP contribution in [0.15, 0.2) is 39.5 Å². The molecule has 0 bridgehead atoms. The van der Waals surface area contributed by atoms with Crippen molar-refractivity contribution >= 4 is 22.6 Å². The Morgan fingerprint density at radius 1 is 1.11 bits per heavy atom. The Morgan fingerprint density at radius 3 is 2.70 bits per heavy atom. The molecule has 0 fully saturated rings. The van der Waals surface area contributed by atoms with Crippen molar-refractivity contribution in [1.29, 1.82) is 0 Å². The number of ether oxygens (including phenoxy) is 1. The molecule has 1 aliphatic heterocycles. The van der Waals surface area contributed by atoms with Gasteiger partial charge in [0, 0.05) is 24.0 Å². The summed E-state index contributed by atoms with van der Waals surface area (Å²) in [5.41, 5.74) is 3.94. The first kappa shape index (κ1) is 16.8. The molecule has 2 aliphatic rings. The molecule has 4 nitrogen and oxygen atoms in total. The highest BCUT2D eigenvalue weighted by molar-refractivity contribution is 6.33. The van der Waals surface area contributed by atoms with Crippen LogP contribution in [0.5, 0.6) is 5.75 Å². The van der Waals surface area contributed by atoms with E-state index in [0.717, 1.165) is 46.9 Å². The maximum absolute atomic E-state index is 13.1. The van der Waals surface area contributed by atoms with Crippen LogP contribution in [-0.2, 0) is 25.9 Å². The number of hydrogen-bond acceptors (Lipinski definition) is 4. The Kier molecular flexibility index (Phi) is 3.95. The van der Waals surface area contributed by atoms with E-state index in [0.29, 0.717) is 36.2 Å². The molecule has 2 aromatic carbocycles. The molecule has 3 aromatic rings. The maximum atomic E-state index is 13.1. The van der Waals surface area contributed by atoms with Crippen LogP contribution in [0.4, 0.5) is 4.39 Å². The van der Waals surface area contributed by atoms with Crippen molar-refractivity contribution in [3.8, 4) is 5.75 Å². The van der Waals surface area contributed by atoms with Gasteiger partial charge in [-0.05, 0) is 48.6 Å². The molecule has 0 atom stereocenters. The maximum Gasteiger partial charge on any atom is 0.339 e. The number of aryl methyl sites for hydroxylation is 1. The summed E-state index contributed by atoms with van der Waals surface area (Å²) < 4.78 is 24.7. The van der Waals surface area contributed by atoms with Crippen molar-refractivity contribution < 1.29 is 13.5 Å². The Hall–Kier alpha value is -2.37.